The second-order valence-electron chi connectivity index (χ2n) is 7.84. The molecule has 5 rings (SSSR count). The second-order valence-corrected chi connectivity index (χ2v) is 7.84. The van der Waals surface area contributed by atoms with Gasteiger partial charge in [0, 0.05) is 40.9 Å². The van der Waals surface area contributed by atoms with Crippen molar-refractivity contribution in [1.29, 1.82) is 0 Å². The van der Waals surface area contributed by atoms with Crippen molar-refractivity contribution in [2.75, 3.05) is 10.6 Å². The first-order valence-corrected chi connectivity index (χ1v) is 10.9. The first kappa shape index (κ1) is 21.2. The molecule has 1 unspecified atom stereocenters. The first-order chi connectivity index (χ1) is 16.7. The van der Waals surface area contributed by atoms with Crippen LogP contribution >= 0.6 is 0 Å². The number of carbonyl (C=O) groups is 1. The molecule has 6 nitrogen and oxygen atoms in total. The topological polar surface area (TPSA) is 76.0 Å². The van der Waals surface area contributed by atoms with Gasteiger partial charge in [0.2, 0.25) is 0 Å². The van der Waals surface area contributed by atoms with Crippen molar-refractivity contribution >= 4 is 28.2 Å². The van der Waals surface area contributed by atoms with E-state index < -0.39 is 6.04 Å². The zero-order valence-corrected chi connectivity index (χ0v) is 18.3. The minimum absolute atomic E-state index is 0.113. The summed E-state index contributed by atoms with van der Waals surface area (Å²) in [7, 11) is 0. The van der Waals surface area contributed by atoms with Gasteiger partial charge in [-0.15, -0.1) is 0 Å². The Balaban J connectivity index is 1.39. The number of carbonyl (C=O) groups excluding carboxylic acids is 1. The van der Waals surface area contributed by atoms with Crippen LogP contribution < -0.4 is 16.2 Å². The van der Waals surface area contributed by atoms with E-state index in [1.54, 1.807) is 53.4 Å². The molecule has 166 valence electrons. The zero-order chi connectivity index (χ0) is 23.3. The van der Waals surface area contributed by atoms with Crippen LogP contribution in [0, 0.1) is 0 Å². The molecule has 3 aromatic carbocycles. The molecule has 0 aliphatic rings. The second kappa shape index (κ2) is 9.42. The third kappa shape index (κ3) is 4.56. The highest BCUT2D eigenvalue weighted by Crippen LogP contribution is 2.24. The van der Waals surface area contributed by atoms with Gasteiger partial charge in [0.25, 0.3) is 11.5 Å². The Labute approximate surface area is 196 Å². The van der Waals surface area contributed by atoms with E-state index in [9.17, 15) is 9.59 Å². The van der Waals surface area contributed by atoms with Gasteiger partial charge in [0.15, 0.2) is 0 Å². The molecule has 0 saturated heterocycles. The molecule has 0 radical (unpaired) electrons. The number of nitrogens with one attached hydrogen (secondary N) is 2. The van der Waals surface area contributed by atoms with Gasteiger partial charge in [-0.1, -0.05) is 42.5 Å². The average molecular weight is 447 g/mol. The van der Waals surface area contributed by atoms with Gasteiger partial charge in [-0.3, -0.25) is 19.1 Å². The van der Waals surface area contributed by atoms with Crippen molar-refractivity contribution in [3.8, 4) is 5.69 Å². The molecule has 2 heterocycles. The van der Waals surface area contributed by atoms with Gasteiger partial charge in [-0.05, 0) is 60.2 Å². The third-order valence-corrected chi connectivity index (χ3v) is 5.54. The SMILES string of the molecule is O=C(Nc1ccc(-n2ccccc2=O)cc1)C(Nc1ccc2ncccc2c1)c1ccccc1. The summed E-state index contributed by atoms with van der Waals surface area (Å²) in [5.41, 5.74) is 3.82. The van der Waals surface area contributed by atoms with Crippen LogP contribution in [0.2, 0.25) is 0 Å². The van der Waals surface area contributed by atoms with Gasteiger partial charge >= 0.3 is 0 Å². The van der Waals surface area contributed by atoms with Crippen LogP contribution in [0.5, 0.6) is 0 Å². The zero-order valence-electron chi connectivity index (χ0n) is 18.3. The number of nitrogens with zero attached hydrogens (tertiary/aromatic N) is 2. The Morgan fingerprint density at radius 3 is 2.35 bits per heavy atom. The van der Waals surface area contributed by atoms with Crippen molar-refractivity contribution in [2.45, 2.75) is 6.04 Å². The number of hydrogen-bond donors (Lipinski definition) is 2. The van der Waals surface area contributed by atoms with E-state index in [1.165, 1.54) is 6.07 Å². The summed E-state index contributed by atoms with van der Waals surface area (Å²) in [5, 5.41) is 7.35. The summed E-state index contributed by atoms with van der Waals surface area (Å²) < 4.78 is 1.55. The van der Waals surface area contributed by atoms with Gasteiger partial charge in [-0.25, -0.2) is 0 Å². The lowest BCUT2D eigenvalue weighted by Crippen LogP contribution is -2.27. The number of benzene rings is 3. The van der Waals surface area contributed by atoms with Crippen LogP contribution in [0.4, 0.5) is 11.4 Å². The molecule has 0 saturated carbocycles. The molecule has 5 aromatic rings. The molecule has 0 aliphatic carbocycles. The predicted molar refractivity (Wildman–Crippen MR) is 135 cm³/mol. The molecule has 0 spiro atoms. The van der Waals surface area contributed by atoms with Crippen LogP contribution in [-0.4, -0.2) is 15.5 Å². The third-order valence-electron chi connectivity index (χ3n) is 5.54. The lowest BCUT2D eigenvalue weighted by atomic mass is 10.0. The van der Waals surface area contributed by atoms with Crippen molar-refractivity contribution in [2.24, 2.45) is 0 Å². The maximum atomic E-state index is 13.3. The van der Waals surface area contributed by atoms with E-state index in [0.717, 1.165) is 27.8 Å². The van der Waals surface area contributed by atoms with Crippen molar-refractivity contribution in [3.05, 3.63) is 131 Å². The number of anilines is 2. The maximum absolute atomic E-state index is 13.3. The highest BCUT2D eigenvalue weighted by Gasteiger charge is 2.21. The molecule has 0 aliphatic heterocycles. The van der Waals surface area contributed by atoms with Gasteiger partial charge in [0.05, 0.1) is 5.52 Å². The van der Waals surface area contributed by atoms with Crippen LogP contribution in [0.15, 0.2) is 120 Å². The standard InChI is InChI=1S/C28H22N4O2/c33-26-10-4-5-18-32(26)24-14-11-22(12-15-24)31-28(34)27(20-7-2-1-3-8-20)30-23-13-16-25-21(19-23)9-6-17-29-25/h1-19,27,30H,(H,31,34). The van der Waals surface area contributed by atoms with Gasteiger partial charge in [0.1, 0.15) is 6.04 Å². The highest BCUT2D eigenvalue weighted by molar-refractivity contribution is 5.97. The van der Waals surface area contributed by atoms with Crippen LogP contribution in [0.3, 0.4) is 0 Å². The Morgan fingerprint density at radius 1 is 0.794 bits per heavy atom. The molecule has 6 heteroatoms. The van der Waals surface area contributed by atoms with E-state index in [1.807, 2.05) is 60.7 Å². The minimum Gasteiger partial charge on any atom is -0.370 e. The monoisotopic (exact) mass is 446 g/mol. The molecular formula is C28H22N4O2. The highest BCUT2D eigenvalue weighted by atomic mass is 16.2. The van der Waals surface area contributed by atoms with E-state index in [2.05, 4.69) is 15.6 Å². The average Bonchev–Trinajstić information content (AvgIpc) is 2.88. The van der Waals surface area contributed by atoms with Crippen molar-refractivity contribution < 1.29 is 4.79 Å². The quantitative estimate of drug-likeness (QED) is 0.377. The van der Waals surface area contributed by atoms with Gasteiger partial charge in [-0.2, -0.15) is 0 Å². The number of pyridine rings is 2. The van der Waals surface area contributed by atoms with Crippen LogP contribution in [0.1, 0.15) is 11.6 Å². The number of rotatable bonds is 6. The number of amides is 1. The Morgan fingerprint density at radius 2 is 1.56 bits per heavy atom. The van der Waals surface area contributed by atoms with E-state index in [-0.39, 0.29) is 11.5 Å². The lowest BCUT2D eigenvalue weighted by Gasteiger charge is -2.20. The fourth-order valence-electron chi connectivity index (χ4n) is 3.84. The largest absolute Gasteiger partial charge is 0.370 e. The summed E-state index contributed by atoms with van der Waals surface area (Å²) in [6.07, 6.45) is 3.47. The fraction of sp³-hybridized carbons (Fsp3) is 0.0357. The van der Waals surface area contributed by atoms with E-state index >= 15 is 0 Å². The van der Waals surface area contributed by atoms with E-state index in [0.29, 0.717) is 5.69 Å². The summed E-state index contributed by atoms with van der Waals surface area (Å²) in [6.45, 7) is 0. The molecule has 2 N–H and O–H groups in total. The molecule has 0 fully saturated rings. The van der Waals surface area contributed by atoms with Crippen LogP contribution in [0.25, 0.3) is 16.6 Å². The molecule has 2 aromatic heterocycles. The molecule has 1 atom stereocenters. The van der Waals surface area contributed by atoms with Gasteiger partial charge < -0.3 is 10.6 Å². The van der Waals surface area contributed by atoms with Crippen LogP contribution in [-0.2, 0) is 4.79 Å². The summed E-state index contributed by atoms with van der Waals surface area (Å²) in [5.74, 6) is -0.192. The normalized spacial score (nSPS) is 11.6. The summed E-state index contributed by atoms with van der Waals surface area (Å²) >= 11 is 0. The summed E-state index contributed by atoms with van der Waals surface area (Å²) in [4.78, 5) is 29.8. The molecular weight excluding hydrogens is 424 g/mol. The molecule has 34 heavy (non-hydrogen) atoms. The van der Waals surface area contributed by atoms with E-state index in [4.69, 9.17) is 0 Å². The minimum atomic E-state index is -0.605. The molecule has 1 amide bonds. The number of aromatic nitrogens is 2. The first-order valence-electron chi connectivity index (χ1n) is 10.9. The maximum Gasteiger partial charge on any atom is 0.255 e. The molecule has 0 bridgehead atoms. The lowest BCUT2D eigenvalue weighted by molar-refractivity contribution is -0.117. The Bertz CT molecular complexity index is 1490. The number of hydrogen-bond acceptors (Lipinski definition) is 4. The predicted octanol–water partition coefficient (Wildman–Crippen LogP) is 5.18. The van der Waals surface area contributed by atoms with Crippen molar-refractivity contribution in [1.82, 2.24) is 9.55 Å². The summed E-state index contributed by atoms with van der Waals surface area (Å²) in [6, 6.07) is 30.9. The fourth-order valence-corrected chi connectivity index (χ4v) is 3.84. The Hall–Kier alpha value is -4.71. The van der Waals surface area contributed by atoms with Crippen molar-refractivity contribution in [3.63, 3.8) is 0 Å². The smallest absolute Gasteiger partial charge is 0.255 e. The Kier molecular flexibility index (Phi) is 5.86. The number of fused-ring (bicyclic) bond motifs is 1.